The van der Waals surface area contributed by atoms with E-state index in [9.17, 15) is 31.5 Å². The van der Waals surface area contributed by atoms with Crippen molar-refractivity contribution in [2.45, 2.75) is 19.3 Å². The molecule has 3 aromatic rings. The zero-order valence-electron chi connectivity index (χ0n) is 17.1. The van der Waals surface area contributed by atoms with E-state index in [1.807, 2.05) is 13.1 Å². The maximum absolute atomic E-state index is 14.7. The number of benzene rings is 2. The summed E-state index contributed by atoms with van der Waals surface area (Å²) in [6.07, 6.45) is -5.08. The Hall–Kier alpha value is -3.36. The molecule has 2 aromatic carbocycles. The van der Waals surface area contributed by atoms with Crippen molar-refractivity contribution in [3.63, 3.8) is 0 Å². The predicted molar refractivity (Wildman–Crippen MR) is 117 cm³/mol. The van der Waals surface area contributed by atoms with Gasteiger partial charge in [0.25, 0.3) is 5.56 Å². The molecule has 0 bridgehead atoms. The number of hydrogen-bond donors (Lipinski definition) is 1. The monoisotopic (exact) mass is 499 g/mol. The molecule has 0 spiro atoms. The Balaban J connectivity index is 2.08. The van der Waals surface area contributed by atoms with Crippen molar-refractivity contribution in [1.82, 2.24) is 9.24 Å². The molecule has 3 rings (SSSR count). The van der Waals surface area contributed by atoms with Gasteiger partial charge in [-0.1, -0.05) is 42.7 Å². The van der Waals surface area contributed by atoms with Crippen molar-refractivity contribution in [1.29, 1.82) is 0 Å². The Kier molecular flexibility index (Phi) is 6.28. The molecule has 0 aliphatic rings. The highest BCUT2D eigenvalue weighted by molar-refractivity contribution is 6.96. The molecule has 0 radical (unpaired) electrons. The van der Waals surface area contributed by atoms with Crippen molar-refractivity contribution in [3.05, 3.63) is 91.2 Å². The summed E-state index contributed by atoms with van der Waals surface area (Å²) < 4.78 is 67.9. The molecule has 0 saturated heterocycles. The van der Waals surface area contributed by atoms with E-state index in [2.05, 4.69) is 11.5 Å². The number of nitrogens with zero attached hydrogens (tertiary/aromatic N) is 2. The molecule has 0 aliphatic heterocycles. The zero-order valence-corrected chi connectivity index (χ0v) is 18.9. The summed E-state index contributed by atoms with van der Waals surface area (Å²) in [6, 6.07) is 8.21. The van der Waals surface area contributed by atoms with E-state index in [0.29, 0.717) is 17.2 Å². The number of alkyl halides is 3. The van der Waals surface area contributed by atoms with Gasteiger partial charge in [0.2, 0.25) is 0 Å². The van der Waals surface area contributed by atoms with Crippen LogP contribution in [0, 0.1) is 23.1 Å². The van der Waals surface area contributed by atoms with E-state index in [0.717, 1.165) is 5.19 Å². The molecule has 0 fully saturated rings. The van der Waals surface area contributed by atoms with Crippen LogP contribution in [0.5, 0.6) is 0 Å². The van der Waals surface area contributed by atoms with Gasteiger partial charge in [0.15, 0.2) is 13.8 Å². The number of hydrogen-bond acceptors (Lipinski definition) is 3. The predicted octanol–water partition coefficient (Wildman–Crippen LogP) is 3.17. The maximum Gasteiger partial charge on any atom is 0.433 e. The molecule has 1 aromatic heterocycles. The molecular weight excluding hydrogens is 485 g/mol. The number of halogens is 6. The Morgan fingerprint density at radius 2 is 1.55 bits per heavy atom. The second kappa shape index (κ2) is 8.53. The minimum atomic E-state index is -5.08. The lowest BCUT2D eigenvalue weighted by atomic mass is 10.2. The van der Waals surface area contributed by atoms with E-state index in [4.69, 9.17) is 17.4 Å². The molecular formula is C21H15ClF5N3O2Si. The van der Waals surface area contributed by atoms with Gasteiger partial charge in [-0.15, -0.1) is 5.54 Å². The van der Waals surface area contributed by atoms with E-state index in [1.54, 1.807) is 24.3 Å². The van der Waals surface area contributed by atoms with Crippen LogP contribution in [0.2, 0.25) is 18.1 Å². The first-order chi connectivity index (χ1) is 15.2. The van der Waals surface area contributed by atoms with Crippen LogP contribution in [0.1, 0.15) is 11.3 Å². The first-order valence-corrected chi connectivity index (χ1v) is 12.6. The Morgan fingerprint density at radius 3 is 2.06 bits per heavy atom. The standard InChI is InChI=1S/C21H15ClF5N3O2Si/c1-33(2,14-5-3-12(22)4-6-14)8-7-15-16(23)9-13(10-17(15)24)29-19(31)11-18(21(25,26)27)30(28)20(29)32/h3-6,9-11H,28H2,1-2H3. The van der Waals surface area contributed by atoms with Gasteiger partial charge in [0.1, 0.15) is 11.6 Å². The molecule has 0 atom stereocenters. The number of nitrogen functional groups attached to an aromatic ring is 1. The lowest BCUT2D eigenvalue weighted by Gasteiger charge is -2.15. The fraction of sp³-hybridized carbons (Fsp3) is 0.143. The van der Waals surface area contributed by atoms with Crippen LogP contribution < -0.4 is 22.3 Å². The fourth-order valence-corrected chi connectivity index (χ4v) is 4.69. The van der Waals surface area contributed by atoms with Gasteiger partial charge in [-0.2, -0.15) is 13.2 Å². The van der Waals surface area contributed by atoms with Crippen molar-refractivity contribution < 1.29 is 22.0 Å². The molecule has 172 valence electrons. The molecule has 2 N–H and O–H groups in total. The normalized spacial score (nSPS) is 11.8. The van der Waals surface area contributed by atoms with Gasteiger partial charge in [0, 0.05) is 11.1 Å². The molecule has 33 heavy (non-hydrogen) atoms. The fourth-order valence-electron chi connectivity index (χ4n) is 2.98. The molecule has 0 amide bonds. The van der Waals surface area contributed by atoms with Gasteiger partial charge in [-0.05, 0) is 29.5 Å². The third kappa shape index (κ3) is 4.86. The third-order valence-corrected chi connectivity index (χ3v) is 7.56. The molecule has 12 heteroatoms. The lowest BCUT2D eigenvalue weighted by Crippen LogP contribution is -2.45. The maximum atomic E-state index is 14.7. The smallest absolute Gasteiger partial charge is 0.335 e. The van der Waals surface area contributed by atoms with E-state index in [-0.39, 0.29) is 15.3 Å². The van der Waals surface area contributed by atoms with Crippen LogP contribution in [-0.4, -0.2) is 17.3 Å². The summed E-state index contributed by atoms with van der Waals surface area (Å²) in [7, 11) is -2.44. The molecule has 5 nitrogen and oxygen atoms in total. The van der Waals surface area contributed by atoms with Crippen LogP contribution in [0.15, 0.2) is 52.1 Å². The average molecular weight is 500 g/mol. The van der Waals surface area contributed by atoms with Gasteiger partial charge in [-0.25, -0.2) is 22.8 Å². The second-order valence-corrected chi connectivity index (χ2v) is 12.0. The molecule has 1 heterocycles. The van der Waals surface area contributed by atoms with Gasteiger partial charge in [-0.3, -0.25) is 4.79 Å². The molecule has 0 aliphatic carbocycles. The van der Waals surface area contributed by atoms with E-state index >= 15 is 0 Å². The third-order valence-electron chi connectivity index (χ3n) is 4.78. The Morgan fingerprint density at radius 1 is 1.00 bits per heavy atom. The Bertz CT molecular complexity index is 1390. The topological polar surface area (TPSA) is 70.0 Å². The van der Waals surface area contributed by atoms with Crippen molar-refractivity contribution in [3.8, 4) is 17.2 Å². The van der Waals surface area contributed by atoms with Gasteiger partial charge in [0.05, 0.1) is 11.3 Å². The first kappa shape index (κ1) is 24.3. The number of aromatic nitrogens is 2. The summed E-state index contributed by atoms with van der Waals surface area (Å²) in [5, 5.41) is 1.40. The SMILES string of the molecule is C[Si](C)(C#Cc1c(F)cc(-n2c(=O)cc(C(F)(F)F)n(N)c2=O)cc1F)c1ccc(Cl)cc1. The number of rotatable bonds is 2. The largest absolute Gasteiger partial charge is 0.433 e. The van der Waals surface area contributed by atoms with Crippen LogP contribution in [0.4, 0.5) is 22.0 Å². The minimum Gasteiger partial charge on any atom is -0.335 e. The quantitative estimate of drug-likeness (QED) is 0.255. The van der Waals surface area contributed by atoms with Crippen LogP contribution in [0.25, 0.3) is 5.69 Å². The number of nitrogens with two attached hydrogens (primary N) is 1. The van der Waals surface area contributed by atoms with Crippen LogP contribution in [-0.2, 0) is 6.18 Å². The summed E-state index contributed by atoms with van der Waals surface area (Å²) >= 11 is 5.87. The highest BCUT2D eigenvalue weighted by Gasteiger charge is 2.36. The van der Waals surface area contributed by atoms with E-state index in [1.165, 1.54) is 0 Å². The summed E-state index contributed by atoms with van der Waals surface area (Å²) in [5.74, 6) is 5.22. The minimum absolute atomic E-state index is 0.0607. The average Bonchev–Trinajstić information content (AvgIpc) is 2.69. The summed E-state index contributed by atoms with van der Waals surface area (Å²) in [6.45, 7) is 3.72. The summed E-state index contributed by atoms with van der Waals surface area (Å²) in [4.78, 5) is 24.4. The zero-order chi connectivity index (χ0) is 24.7. The van der Waals surface area contributed by atoms with Crippen molar-refractivity contribution >= 4 is 24.9 Å². The van der Waals surface area contributed by atoms with Gasteiger partial charge >= 0.3 is 11.9 Å². The summed E-state index contributed by atoms with van der Waals surface area (Å²) in [5.41, 5.74) is -3.13. The van der Waals surface area contributed by atoms with Gasteiger partial charge < -0.3 is 5.84 Å². The van der Waals surface area contributed by atoms with Crippen LogP contribution in [0.3, 0.4) is 0 Å². The van der Waals surface area contributed by atoms with E-state index < -0.39 is 54.1 Å². The van der Waals surface area contributed by atoms with Crippen molar-refractivity contribution in [2.75, 3.05) is 5.84 Å². The molecule has 0 saturated carbocycles. The van der Waals surface area contributed by atoms with Crippen molar-refractivity contribution in [2.24, 2.45) is 0 Å². The highest BCUT2D eigenvalue weighted by atomic mass is 35.5. The second-order valence-electron chi connectivity index (χ2n) is 7.52. The Labute approximate surface area is 189 Å². The lowest BCUT2D eigenvalue weighted by molar-refractivity contribution is -0.143. The highest BCUT2D eigenvalue weighted by Crippen LogP contribution is 2.26. The molecule has 0 unspecified atom stereocenters. The first-order valence-electron chi connectivity index (χ1n) is 9.22. The van der Waals surface area contributed by atoms with Crippen LogP contribution >= 0.6 is 11.6 Å².